The summed E-state index contributed by atoms with van der Waals surface area (Å²) in [6.07, 6.45) is 0. The van der Waals surface area contributed by atoms with E-state index >= 15 is 0 Å². The van der Waals surface area contributed by atoms with Crippen LogP contribution in [0.25, 0.3) is 72.0 Å². The number of hydrogen-bond donors (Lipinski definition) is 0. The van der Waals surface area contributed by atoms with E-state index in [0.29, 0.717) is 11.6 Å². The van der Waals surface area contributed by atoms with Gasteiger partial charge in [-0.05, 0) is 92.2 Å². The Morgan fingerprint density at radius 1 is 0.462 bits per heavy atom. The average Bonchev–Trinajstić information content (AvgIpc) is 3.05. The quantitative estimate of drug-likeness (QED) is 0.169. The second-order valence-electron chi connectivity index (χ2n) is 11.3. The van der Waals surface area contributed by atoms with Crippen molar-refractivity contribution in [1.29, 1.82) is 0 Å². The lowest BCUT2D eigenvalue weighted by molar-refractivity contribution is 0.488. The molecule has 0 amide bonds. The van der Waals surface area contributed by atoms with Gasteiger partial charge in [0.25, 0.3) is 5.99 Å². The summed E-state index contributed by atoms with van der Waals surface area (Å²) in [4.78, 5) is -0.304. The maximum Gasteiger partial charge on any atom is 0.289 e. The van der Waals surface area contributed by atoms with E-state index in [1.54, 1.807) is 0 Å². The molecule has 0 bridgehead atoms. The van der Waals surface area contributed by atoms with E-state index in [4.69, 9.17) is 33.5 Å². The molecule has 2 aliphatic rings. The number of ether oxygens (including phenoxy) is 1. The van der Waals surface area contributed by atoms with Crippen LogP contribution in [0.4, 0.5) is 0 Å². The number of nitrogens with zero attached hydrogens (tertiary/aromatic N) is 1. The molecule has 0 aliphatic carbocycles. The summed E-state index contributed by atoms with van der Waals surface area (Å²) in [5.74, 6) is -3.06. The summed E-state index contributed by atoms with van der Waals surface area (Å²) in [5.41, 5.74) is -8.60. The highest BCUT2D eigenvalue weighted by atomic mass is 32.2. The number of aromatic nitrogens is 1. The zero-order valence-corrected chi connectivity index (χ0v) is 26.7. The van der Waals surface area contributed by atoms with E-state index in [9.17, 15) is 12.3 Å². The zero-order chi connectivity index (χ0) is 60.3. The van der Waals surface area contributed by atoms with Gasteiger partial charge in [0.05, 0.1) is 57.8 Å². The molecule has 242 valence electrons. The lowest BCUT2D eigenvalue weighted by Gasteiger charge is -2.33. The molecule has 0 N–H and O–H groups in total. The number of rotatable bonds is 4. The molecule has 52 heavy (non-hydrogen) atoms. The van der Waals surface area contributed by atoms with E-state index in [1.807, 2.05) is 0 Å². The Hall–Kier alpha value is -6.23. The summed E-state index contributed by atoms with van der Waals surface area (Å²) in [7, 11) is 0. The Labute approximate surface area is 349 Å². The van der Waals surface area contributed by atoms with Crippen molar-refractivity contribution < 1.29 is 45.9 Å². The smallest absolute Gasteiger partial charge is 0.289 e. The van der Waals surface area contributed by atoms with E-state index < -0.39 is 276 Å². The summed E-state index contributed by atoms with van der Waals surface area (Å²) in [6, 6.07) is -27.5. The van der Waals surface area contributed by atoms with Gasteiger partial charge in [0.2, 0.25) is 0 Å². The lowest BCUT2D eigenvalue weighted by atomic mass is 9.57. The highest BCUT2D eigenvalue weighted by Crippen LogP contribution is 2.46. The first-order valence-electron chi connectivity index (χ1n) is 30.3. The molecule has 0 unspecified atom stereocenters. The zero-order valence-electron chi connectivity index (χ0n) is 55.8. The highest BCUT2D eigenvalue weighted by molar-refractivity contribution is 8.28. The van der Waals surface area contributed by atoms with E-state index in [-0.39, 0.29) is 10.4 Å². The van der Waals surface area contributed by atoms with Crippen LogP contribution in [-0.2, 0) is 0 Å². The minimum atomic E-state index is -1.59. The Morgan fingerprint density at radius 3 is 1.83 bits per heavy atom. The van der Waals surface area contributed by atoms with Crippen molar-refractivity contribution in [2.24, 2.45) is 0 Å². The molecular formula is C48H30BNOS. The molecule has 0 saturated carbocycles. The largest absolute Gasteiger partial charge is 0.458 e. The van der Waals surface area contributed by atoms with Crippen LogP contribution in [0.15, 0.2) is 186 Å². The predicted molar refractivity (Wildman–Crippen MR) is 220 cm³/mol. The first-order valence-corrected chi connectivity index (χ1v) is 16.2. The van der Waals surface area contributed by atoms with Crippen molar-refractivity contribution >= 4 is 50.3 Å². The van der Waals surface area contributed by atoms with Crippen LogP contribution in [-0.4, -0.2) is 10.6 Å². The lowest BCUT2D eigenvalue weighted by Crippen LogP contribution is -2.46. The van der Waals surface area contributed by atoms with Crippen LogP contribution in [0.5, 0.6) is 11.5 Å². The van der Waals surface area contributed by atoms with Crippen LogP contribution in [0.2, 0.25) is 0 Å². The minimum absolute atomic E-state index is 0.283. The standard InChI is InChI=1S/C48H30BNOS/c1-2-14-31(15-3-1)34-16-4-5-17-35(34)33-28-40-39-21-9-13-25-47(39)52-49-41-27-26-32(29-45(41)51-46(30-33)48(40)49)36-18-6-10-22-42(36)50-43-23-11-7-19-37(43)38-20-8-12-24-44(38)50/h1-30H/i1D,2D,3D,4D,5D,6D,7D,8D,9D,10D,11D,12D,13D,14D,15D,16D,17D,18D,19D,20D,21D,22D,23D,24D,25D,26D,27D,28D,29D,30D. The monoisotopic (exact) mass is 709 g/mol. The molecule has 3 heterocycles. The normalized spacial score (nSPS) is 20.7. The van der Waals surface area contributed by atoms with Crippen molar-refractivity contribution in [2.75, 3.05) is 0 Å². The molecule has 2 aliphatic heterocycles. The van der Waals surface area contributed by atoms with Crippen molar-refractivity contribution in [2.45, 2.75) is 4.90 Å². The van der Waals surface area contributed by atoms with Gasteiger partial charge in [-0.25, -0.2) is 0 Å². The highest BCUT2D eigenvalue weighted by Gasteiger charge is 2.39. The van der Waals surface area contributed by atoms with Gasteiger partial charge in [-0.3, -0.25) is 0 Å². The topological polar surface area (TPSA) is 14.2 Å². The van der Waals surface area contributed by atoms with Gasteiger partial charge >= 0.3 is 0 Å². The molecule has 0 spiro atoms. The second-order valence-corrected chi connectivity index (χ2v) is 12.4. The first-order chi connectivity index (χ1) is 38.3. The summed E-state index contributed by atoms with van der Waals surface area (Å²) >= 11 is 0.623. The third-order valence-electron chi connectivity index (χ3n) is 8.54. The third-order valence-corrected chi connectivity index (χ3v) is 9.79. The Kier molecular flexibility index (Phi) is 2.80. The van der Waals surface area contributed by atoms with Crippen LogP contribution in [0.1, 0.15) is 41.1 Å². The first kappa shape index (κ1) is 12.5. The van der Waals surface area contributed by atoms with Crippen molar-refractivity contribution in [3.8, 4) is 61.7 Å². The Morgan fingerprint density at radius 2 is 1.06 bits per heavy atom. The van der Waals surface area contributed by atoms with Gasteiger partial charge in [-0.2, -0.15) is 11.6 Å². The number of hydrogen-bond acceptors (Lipinski definition) is 2. The molecule has 0 atom stereocenters. The molecule has 0 saturated heterocycles. The van der Waals surface area contributed by atoms with Gasteiger partial charge < -0.3 is 9.30 Å². The van der Waals surface area contributed by atoms with Gasteiger partial charge in [-0.15, -0.1) is 0 Å². The molecule has 2 nitrogen and oxygen atoms in total. The minimum Gasteiger partial charge on any atom is -0.458 e. The van der Waals surface area contributed by atoms with Crippen LogP contribution in [0, 0.1) is 0 Å². The molecule has 0 radical (unpaired) electrons. The van der Waals surface area contributed by atoms with Crippen molar-refractivity contribution in [3.05, 3.63) is 181 Å². The van der Waals surface area contributed by atoms with Gasteiger partial charge in [0, 0.05) is 21.2 Å². The molecule has 1 aromatic heterocycles. The number of para-hydroxylation sites is 3. The maximum atomic E-state index is 10.0. The fraction of sp³-hybridized carbons (Fsp3) is 0. The summed E-state index contributed by atoms with van der Waals surface area (Å²) in [6.45, 7) is 0. The van der Waals surface area contributed by atoms with Gasteiger partial charge in [-0.1, -0.05) is 139 Å². The van der Waals surface area contributed by atoms with Gasteiger partial charge in [0.15, 0.2) is 0 Å². The summed E-state index contributed by atoms with van der Waals surface area (Å²) in [5, 5.41) is -1.02. The molecular weight excluding hydrogens is 649 g/mol. The number of benzene rings is 8. The van der Waals surface area contributed by atoms with E-state index in [1.165, 1.54) is 0 Å². The predicted octanol–water partition coefficient (Wildman–Crippen LogP) is 11.8. The fourth-order valence-corrected chi connectivity index (χ4v) is 7.61. The van der Waals surface area contributed by atoms with Crippen LogP contribution < -0.4 is 15.7 Å². The Balaban J connectivity index is 1.31. The van der Waals surface area contributed by atoms with Crippen LogP contribution in [0.3, 0.4) is 0 Å². The number of fused-ring (bicyclic) bond motifs is 7. The fourth-order valence-electron chi connectivity index (χ4n) is 6.37. The van der Waals surface area contributed by atoms with Crippen molar-refractivity contribution in [3.63, 3.8) is 0 Å². The molecule has 0 fully saturated rings. The van der Waals surface area contributed by atoms with Gasteiger partial charge in [0.1, 0.15) is 11.5 Å². The van der Waals surface area contributed by atoms with E-state index in [0.717, 1.165) is 4.57 Å². The van der Waals surface area contributed by atoms with Crippen molar-refractivity contribution in [1.82, 2.24) is 4.57 Å². The molecule has 4 heteroatoms. The average molecular weight is 710 g/mol. The maximum absolute atomic E-state index is 10.0. The van der Waals surface area contributed by atoms with Crippen LogP contribution >= 0.6 is 11.6 Å². The molecule has 8 aromatic carbocycles. The summed E-state index contributed by atoms with van der Waals surface area (Å²) < 4.78 is 279. The Bertz CT molecular complexity index is 4490. The molecule has 9 aromatic rings. The third kappa shape index (κ3) is 4.48. The van der Waals surface area contributed by atoms with E-state index in [2.05, 4.69) is 0 Å². The molecule has 11 rings (SSSR count). The SMILES string of the molecule is [2H]c1c([2H])c([2H])c(-c2c([2H])c([2H])c([2H])c([2H])c2-c2c([2H])c3c4c(c2[2H])-c2c([2H])c([2H])c([2H])c([2H])c2SB4c2c([2H])c([2H])c(-c4c([2H])c([2H])c([2H])c([2H])c4-n4c5c([2H])c([2H])c([2H])c([2H])c5c5c([2H])c([2H])c([2H])c([2H])c54)c([2H])c2O3)c([2H])c1[2H]. The second kappa shape index (κ2) is 11.7.